The van der Waals surface area contributed by atoms with Gasteiger partial charge < -0.3 is 10.6 Å². The Bertz CT molecular complexity index is 432. The van der Waals surface area contributed by atoms with Crippen molar-refractivity contribution in [2.75, 3.05) is 32.1 Å². The maximum atomic E-state index is 4.24. The van der Waals surface area contributed by atoms with Crippen molar-refractivity contribution in [1.82, 2.24) is 10.6 Å². The molecule has 0 aliphatic rings. The Balaban J connectivity index is 2.47. The number of hydrogen-bond donors (Lipinski definition) is 2. The molecule has 0 fully saturated rings. The van der Waals surface area contributed by atoms with Crippen molar-refractivity contribution in [3.8, 4) is 0 Å². The molecule has 0 bridgehead atoms. The summed E-state index contributed by atoms with van der Waals surface area (Å²) in [5, 5.41) is 6.69. The molecular weight excluding hydrogens is 266 g/mol. The summed E-state index contributed by atoms with van der Waals surface area (Å²) in [7, 11) is 1.82. The molecule has 0 atom stereocenters. The van der Waals surface area contributed by atoms with Crippen LogP contribution in [0.5, 0.6) is 0 Å². The lowest BCUT2D eigenvalue weighted by molar-refractivity contribution is 0.806. The van der Waals surface area contributed by atoms with E-state index in [1.54, 1.807) is 0 Å². The molecule has 0 spiro atoms. The fourth-order valence-electron chi connectivity index (χ4n) is 2.40. The maximum absolute atomic E-state index is 4.24. The molecule has 0 heterocycles. The van der Waals surface area contributed by atoms with Gasteiger partial charge in [0.15, 0.2) is 5.96 Å². The van der Waals surface area contributed by atoms with Gasteiger partial charge in [-0.05, 0) is 50.1 Å². The lowest BCUT2D eigenvalue weighted by Crippen LogP contribution is -2.39. The fraction of sp³-hybridized carbons (Fsp3) is 0.562. The highest BCUT2D eigenvalue weighted by atomic mass is 32.2. The van der Waals surface area contributed by atoms with Crippen molar-refractivity contribution in [3.63, 3.8) is 0 Å². The van der Waals surface area contributed by atoms with Gasteiger partial charge in [0.25, 0.3) is 0 Å². The number of hydrogen-bond acceptors (Lipinski definition) is 2. The zero-order valence-electron chi connectivity index (χ0n) is 13.3. The molecule has 0 saturated heterocycles. The molecule has 1 aromatic carbocycles. The molecule has 1 aromatic rings. The van der Waals surface area contributed by atoms with Crippen molar-refractivity contribution in [2.45, 2.75) is 27.2 Å². The van der Waals surface area contributed by atoms with Crippen LogP contribution in [0.4, 0.5) is 0 Å². The molecular formula is C16H27N3S. The maximum Gasteiger partial charge on any atom is 0.191 e. The third-order valence-electron chi connectivity index (χ3n) is 3.33. The van der Waals surface area contributed by atoms with Crippen LogP contribution < -0.4 is 10.6 Å². The van der Waals surface area contributed by atoms with E-state index in [9.17, 15) is 0 Å². The van der Waals surface area contributed by atoms with Crippen LogP contribution in [-0.2, 0) is 6.42 Å². The molecule has 0 amide bonds. The number of aliphatic imine (C=N–C) groups is 1. The first-order valence-corrected chi connectivity index (χ1v) is 8.48. The van der Waals surface area contributed by atoms with Crippen molar-refractivity contribution >= 4 is 17.7 Å². The van der Waals surface area contributed by atoms with Gasteiger partial charge in [-0.25, -0.2) is 0 Å². The summed E-state index contributed by atoms with van der Waals surface area (Å²) in [4.78, 5) is 4.24. The summed E-state index contributed by atoms with van der Waals surface area (Å²) in [5.41, 5.74) is 5.55. The summed E-state index contributed by atoms with van der Waals surface area (Å²) in [6, 6.07) is 4.52. The third kappa shape index (κ3) is 5.45. The van der Waals surface area contributed by atoms with E-state index in [4.69, 9.17) is 0 Å². The van der Waals surface area contributed by atoms with E-state index in [-0.39, 0.29) is 0 Å². The molecule has 0 radical (unpaired) electrons. The number of nitrogens with one attached hydrogen (secondary N) is 2. The van der Waals surface area contributed by atoms with Gasteiger partial charge in [-0.1, -0.05) is 17.7 Å². The molecule has 2 N–H and O–H groups in total. The highest BCUT2D eigenvalue weighted by Gasteiger charge is 2.04. The Morgan fingerprint density at radius 3 is 2.25 bits per heavy atom. The highest BCUT2D eigenvalue weighted by Crippen LogP contribution is 2.16. The fourth-order valence-corrected chi connectivity index (χ4v) is 2.71. The van der Waals surface area contributed by atoms with Crippen LogP contribution in [0.1, 0.15) is 22.3 Å². The first kappa shape index (κ1) is 16.9. The topological polar surface area (TPSA) is 36.4 Å². The molecule has 4 heteroatoms. The quantitative estimate of drug-likeness (QED) is 0.481. The normalized spacial score (nSPS) is 11.6. The predicted octanol–water partition coefficient (Wildman–Crippen LogP) is 2.68. The van der Waals surface area contributed by atoms with Crippen molar-refractivity contribution < 1.29 is 0 Å². The van der Waals surface area contributed by atoms with Crippen LogP contribution in [0, 0.1) is 20.8 Å². The van der Waals surface area contributed by atoms with Crippen LogP contribution in [-0.4, -0.2) is 38.1 Å². The van der Waals surface area contributed by atoms with Crippen LogP contribution >= 0.6 is 11.8 Å². The minimum atomic E-state index is 0.890. The van der Waals surface area contributed by atoms with Crippen molar-refractivity contribution in [3.05, 3.63) is 34.4 Å². The summed E-state index contributed by atoms with van der Waals surface area (Å²) in [6.07, 6.45) is 3.14. The van der Waals surface area contributed by atoms with Gasteiger partial charge in [-0.15, -0.1) is 0 Å². The van der Waals surface area contributed by atoms with E-state index in [0.29, 0.717) is 0 Å². The van der Waals surface area contributed by atoms with Crippen molar-refractivity contribution in [1.29, 1.82) is 0 Å². The standard InChI is InChI=1S/C16H27N3S/c1-12-10-13(2)15(14(3)11-12)6-7-18-16(17-4)19-8-9-20-5/h10-11H,6-9H2,1-5H3,(H2,17,18,19). The van der Waals surface area contributed by atoms with Crippen LogP contribution in [0.25, 0.3) is 0 Å². The van der Waals surface area contributed by atoms with Crippen LogP contribution in [0.15, 0.2) is 17.1 Å². The van der Waals surface area contributed by atoms with Gasteiger partial charge in [0.1, 0.15) is 0 Å². The van der Waals surface area contributed by atoms with Gasteiger partial charge >= 0.3 is 0 Å². The van der Waals surface area contributed by atoms with E-state index in [1.807, 2.05) is 18.8 Å². The SMILES string of the molecule is CN=C(NCCSC)NCCc1c(C)cc(C)cc1C. The molecule has 0 aliphatic heterocycles. The molecule has 112 valence electrons. The van der Waals surface area contributed by atoms with Gasteiger partial charge in [0.2, 0.25) is 0 Å². The van der Waals surface area contributed by atoms with E-state index in [0.717, 1.165) is 31.2 Å². The summed E-state index contributed by atoms with van der Waals surface area (Å²) in [5.74, 6) is 1.98. The highest BCUT2D eigenvalue weighted by molar-refractivity contribution is 7.98. The first-order chi connectivity index (χ1) is 9.58. The van der Waals surface area contributed by atoms with Gasteiger partial charge in [-0.2, -0.15) is 11.8 Å². The van der Waals surface area contributed by atoms with Gasteiger partial charge in [0.05, 0.1) is 0 Å². The summed E-state index contributed by atoms with van der Waals surface area (Å²) >= 11 is 1.83. The van der Waals surface area contributed by atoms with E-state index >= 15 is 0 Å². The lowest BCUT2D eigenvalue weighted by atomic mass is 9.97. The molecule has 20 heavy (non-hydrogen) atoms. The van der Waals surface area contributed by atoms with E-state index < -0.39 is 0 Å². The number of nitrogens with zero attached hydrogens (tertiary/aromatic N) is 1. The Hall–Kier alpha value is -1.16. The Kier molecular flexibility index (Phi) is 7.52. The number of benzene rings is 1. The Labute approximate surface area is 127 Å². The van der Waals surface area contributed by atoms with E-state index in [1.165, 1.54) is 22.3 Å². The number of rotatable bonds is 6. The zero-order chi connectivity index (χ0) is 15.0. The van der Waals surface area contributed by atoms with Crippen LogP contribution in [0.3, 0.4) is 0 Å². The second-order valence-electron chi connectivity index (χ2n) is 5.05. The summed E-state index contributed by atoms with van der Waals surface area (Å²) < 4.78 is 0. The van der Waals surface area contributed by atoms with Gasteiger partial charge in [0, 0.05) is 25.9 Å². The molecule has 0 aliphatic carbocycles. The number of aryl methyl sites for hydroxylation is 3. The first-order valence-electron chi connectivity index (χ1n) is 7.08. The minimum absolute atomic E-state index is 0.890. The molecule has 0 unspecified atom stereocenters. The van der Waals surface area contributed by atoms with Crippen molar-refractivity contribution in [2.24, 2.45) is 4.99 Å². The Morgan fingerprint density at radius 1 is 1.10 bits per heavy atom. The van der Waals surface area contributed by atoms with E-state index in [2.05, 4.69) is 54.8 Å². The minimum Gasteiger partial charge on any atom is -0.356 e. The second kappa shape index (κ2) is 8.90. The molecule has 3 nitrogen and oxygen atoms in total. The van der Waals surface area contributed by atoms with Crippen LogP contribution in [0.2, 0.25) is 0 Å². The number of thioether (sulfide) groups is 1. The van der Waals surface area contributed by atoms with Gasteiger partial charge in [-0.3, -0.25) is 4.99 Å². The molecule has 0 saturated carbocycles. The molecule has 1 rings (SSSR count). The lowest BCUT2D eigenvalue weighted by Gasteiger charge is -2.14. The smallest absolute Gasteiger partial charge is 0.191 e. The second-order valence-corrected chi connectivity index (χ2v) is 6.03. The summed E-state index contributed by atoms with van der Waals surface area (Å²) in [6.45, 7) is 8.40. The zero-order valence-corrected chi connectivity index (χ0v) is 14.2. The average molecular weight is 293 g/mol. The Morgan fingerprint density at radius 2 is 1.70 bits per heavy atom. The predicted molar refractivity (Wildman–Crippen MR) is 92.1 cm³/mol. The largest absolute Gasteiger partial charge is 0.356 e. The number of guanidine groups is 1. The monoisotopic (exact) mass is 293 g/mol. The third-order valence-corrected chi connectivity index (χ3v) is 3.94. The average Bonchev–Trinajstić information content (AvgIpc) is 2.39. The molecule has 0 aromatic heterocycles.